The molecule has 2 heterocycles. The van der Waals surface area contributed by atoms with E-state index in [1.165, 1.54) is 16.9 Å². The number of piperidine rings is 1. The van der Waals surface area contributed by atoms with Crippen molar-refractivity contribution in [2.75, 3.05) is 13.1 Å². The molecule has 0 aliphatic carbocycles. The number of carbonyl (C=O) groups is 2. The second kappa shape index (κ2) is 6.73. The van der Waals surface area contributed by atoms with Crippen molar-refractivity contribution < 1.29 is 9.59 Å². The minimum absolute atomic E-state index is 0.117. The highest BCUT2D eigenvalue weighted by molar-refractivity contribution is 7.13. The molecule has 24 heavy (non-hydrogen) atoms. The number of nitrogens with two attached hydrogens (primary N) is 1. The molecule has 2 amide bonds. The second-order valence-electron chi connectivity index (χ2n) is 6.35. The van der Waals surface area contributed by atoms with Crippen LogP contribution in [0.2, 0.25) is 0 Å². The highest BCUT2D eigenvalue weighted by Crippen LogP contribution is 2.28. The number of aryl methyl sites for hydroxylation is 2. The van der Waals surface area contributed by atoms with Crippen molar-refractivity contribution in [2.45, 2.75) is 26.7 Å². The number of primary amides is 1. The Labute approximate surface area is 145 Å². The number of rotatable bonds is 3. The van der Waals surface area contributed by atoms with Crippen molar-refractivity contribution in [1.29, 1.82) is 0 Å². The molecule has 3 rings (SSSR count). The van der Waals surface area contributed by atoms with Gasteiger partial charge in [-0.2, -0.15) is 0 Å². The van der Waals surface area contributed by atoms with E-state index in [4.69, 9.17) is 5.73 Å². The first kappa shape index (κ1) is 16.6. The molecule has 0 saturated carbocycles. The first-order valence-electron chi connectivity index (χ1n) is 8.07. The Morgan fingerprint density at radius 1 is 1.33 bits per heavy atom. The second-order valence-corrected chi connectivity index (χ2v) is 7.21. The van der Waals surface area contributed by atoms with E-state index in [0.29, 0.717) is 18.8 Å². The molecule has 0 radical (unpaired) electrons. The van der Waals surface area contributed by atoms with E-state index in [0.717, 1.165) is 29.0 Å². The molecule has 0 unspecified atom stereocenters. The number of likely N-dealkylation sites (tertiary alicyclic amines) is 1. The average molecular weight is 343 g/mol. The van der Waals surface area contributed by atoms with Gasteiger partial charge in [-0.25, -0.2) is 4.98 Å². The van der Waals surface area contributed by atoms with Gasteiger partial charge in [0.2, 0.25) is 5.91 Å². The van der Waals surface area contributed by atoms with Gasteiger partial charge in [-0.1, -0.05) is 23.8 Å². The summed E-state index contributed by atoms with van der Waals surface area (Å²) in [4.78, 5) is 30.3. The van der Waals surface area contributed by atoms with E-state index in [9.17, 15) is 9.59 Å². The zero-order valence-corrected chi connectivity index (χ0v) is 14.7. The smallest absolute Gasteiger partial charge is 0.273 e. The molecule has 2 aromatic rings. The van der Waals surface area contributed by atoms with Crippen LogP contribution in [0.15, 0.2) is 23.6 Å². The molecule has 0 spiro atoms. The number of benzene rings is 1. The van der Waals surface area contributed by atoms with Gasteiger partial charge in [0.25, 0.3) is 5.91 Å². The summed E-state index contributed by atoms with van der Waals surface area (Å²) in [6.45, 7) is 5.15. The predicted molar refractivity (Wildman–Crippen MR) is 94.8 cm³/mol. The van der Waals surface area contributed by atoms with Gasteiger partial charge in [0, 0.05) is 24.0 Å². The first-order valence-corrected chi connectivity index (χ1v) is 8.95. The van der Waals surface area contributed by atoms with Crippen molar-refractivity contribution in [2.24, 2.45) is 11.7 Å². The highest BCUT2D eigenvalue weighted by atomic mass is 32.1. The van der Waals surface area contributed by atoms with Crippen LogP contribution >= 0.6 is 11.3 Å². The third kappa shape index (κ3) is 3.33. The number of hydrogen-bond acceptors (Lipinski definition) is 4. The molecule has 0 bridgehead atoms. The van der Waals surface area contributed by atoms with Crippen LogP contribution in [0.3, 0.4) is 0 Å². The first-order chi connectivity index (χ1) is 11.5. The Morgan fingerprint density at radius 2 is 2.12 bits per heavy atom. The summed E-state index contributed by atoms with van der Waals surface area (Å²) in [5.41, 5.74) is 9.24. The van der Waals surface area contributed by atoms with E-state index in [-0.39, 0.29) is 17.7 Å². The highest BCUT2D eigenvalue weighted by Gasteiger charge is 2.28. The molecule has 1 aliphatic rings. The predicted octanol–water partition coefficient (Wildman–Crippen LogP) is 2.76. The third-order valence-electron chi connectivity index (χ3n) is 4.45. The normalized spacial score (nSPS) is 17.8. The Kier molecular flexibility index (Phi) is 4.66. The maximum atomic E-state index is 12.7. The van der Waals surface area contributed by atoms with Crippen LogP contribution in [-0.2, 0) is 4.79 Å². The average Bonchev–Trinajstić information content (AvgIpc) is 3.04. The lowest BCUT2D eigenvalue weighted by molar-refractivity contribution is -0.123. The Bertz CT molecular complexity index is 784. The summed E-state index contributed by atoms with van der Waals surface area (Å²) in [5, 5.41) is 2.64. The molecule has 1 aromatic carbocycles. The van der Waals surface area contributed by atoms with Gasteiger partial charge in [-0.3, -0.25) is 9.59 Å². The van der Waals surface area contributed by atoms with Gasteiger partial charge in [-0.05, 0) is 32.3 Å². The molecule has 5 nitrogen and oxygen atoms in total. The van der Waals surface area contributed by atoms with Gasteiger partial charge in [-0.15, -0.1) is 11.3 Å². The molecular weight excluding hydrogens is 322 g/mol. The van der Waals surface area contributed by atoms with Crippen molar-refractivity contribution in [3.05, 3.63) is 40.4 Å². The number of hydrogen-bond donors (Lipinski definition) is 1. The standard InChI is InChI=1S/C18H21N3O2S/c1-11-5-6-14(12(2)8-11)17-20-15(10-24-17)18(23)21-7-3-4-13(9-21)16(19)22/h5-6,8,10,13H,3-4,7,9H2,1-2H3,(H2,19,22)/t13-/m1/s1. The fourth-order valence-corrected chi connectivity index (χ4v) is 3.99. The van der Waals surface area contributed by atoms with E-state index in [2.05, 4.69) is 18.0 Å². The van der Waals surface area contributed by atoms with Gasteiger partial charge in [0.05, 0.1) is 5.92 Å². The van der Waals surface area contributed by atoms with Gasteiger partial charge < -0.3 is 10.6 Å². The third-order valence-corrected chi connectivity index (χ3v) is 5.32. The molecule has 1 aliphatic heterocycles. The quantitative estimate of drug-likeness (QED) is 0.931. The molecule has 126 valence electrons. The Hall–Kier alpha value is -2.21. The Balaban J connectivity index is 1.80. The number of aromatic nitrogens is 1. The van der Waals surface area contributed by atoms with Crippen LogP contribution in [0.4, 0.5) is 0 Å². The SMILES string of the molecule is Cc1ccc(-c2nc(C(=O)N3CCC[C@@H](C(N)=O)C3)cs2)c(C)c1. The van der Waals surface area contributed by atoms with E-state index >= 15 is 0 Å². The Morgan fingerprint density at radius 3 is 2.83 bits per heavy atom. The number of nitrogens with zero attached hydrogens (tertiary/aromatic N) is 2. The fourth-order valence-electron chi connectivity index (χ4n) is 3.11. The zero-order valence-electron chi connectivity index (χ0n) is 13.9. The van der Waals surface area contributed by atoms with Crippen LogP contribution in [-0.4, -0.2) is 34.8 Å². The van der Waals surface area contributed by atoms with Crippen LogP contribution in [0.1, 0.15) is 34.5 Å². The fraction of sp³-hybridized carbons (Fsp3) is 0.389. The number of carbonyl (C=O) groups excluding carboxylic acids is 2. The van der Waals surface area contributed by atoms with Crippen molar-refractivity contribution in [3.63, 3.8) is 0 Å². The largest absolute Gasteiger partial charge is 0.369 e. The lowest BCUT2D eigenvalue weighted by Crippen LogP contribution is -2.44. The monoisotopic (exact) mass is 343 g/mol. The van der Waals surface area contributed by atoms with Gasteiger partial charge in [0.15, 0.2) is 0 Å². The van der Waals surface area contributed by atoms with Crippen LogP contribution in [0.25, 0.3) is 10.6 Å². The summed E-state index contributed by atoms with van der Waals surface area (Å²) in [5.74, 6) is -0.699. The molecule has 1 saturated heterocycles. The summed E-state index contributed by atoms with van der Waals surface area (Å²) in [6.07, 6.45) is 1.55. The number of thiazole rings is 1. The van der Waals surface area contributed by atoms with Crippen molar-refractivity contribution >= 4 is 23.2 Å². The van der Waals surface area contributed by atoms with Crippen LogP contribution in [0, 0.1) is 19.8 Å². The minimum atomic E-state index is -0.332. The maximum Gasteiger partial charge on any atom is 0.273 e. The molecular formula is C18H21N3O2S. The van der Waals surface area contributed by atoms with Crippen molar-refractivity contribution in [3.8, 4) is 10.6 Å². The summed E-state index contributed by atoms with van der Waals surface area (Å²) < 4.78 is 0. The summed E-state index contributed by atoms with van der Waals surface area (Å²) >= 11 is 1.47. The number of amides is 2. The van der Waals surface area contributed by atoms with E-state index in [1.54, 1.807) is 10.3 Å². The molecule has 6 heteroatoms. The van der Waals surface area contributed by atoms with Gasteiger partial charge in [0.1, 0.15) is 10.7 Å². The van der Waals surface area contributed by atoms with E-state index in [1.807, 2.05) is 19.1 Å². The summed E-state index contributed by atoms with van der Waals surface area (Å²) in [6, 6.07) is 6.20. The van der Waals surface area contributed by atoms with Crippen LogP contribution < -0.4 is 5.73 Å². The van der Waals surface area contributed by atoms with Gasteiger partial charge >= 0.3 is 0 Å². The van der Waals surface area contributed by atoms with E-state index < -0.39 is 0 Å². The summed E-state index contributed by atoms with van der Waals surface area (Å²) in [7, 11) is 0. The van der Waals surface area contributed by atoms with Crippen molar-refractivity contribution in [1.82, 2.24) is 9.88 Å². The molecule has 1 fully saturated rings. The maximum absolute atomic E-state index is 12.7. The minimum Gasteiger partial charge on any atom is -0.369 e. The molecule has 1 aromatic heterocycles. The zero-order chi connectivity index (χ0) is 17.3. The topological polar surface area (TPSA) is 76.3 Å². The lowest BCUT2D eigenvalue weighted by Gasteiger charge is -2.30. The molecule has 1 atom stereocenters. The molecule has 2 N–H and O–H groups in total. The van der Waals surface area contributed by atoms with Crippen LogP contribution in [0.5, 0.6) is 0 Å². The lowest BCUT2D eigenvalue weighted by atomic mass is 9.97.